The summed E-state index contributed by atoms with van der Waals surface area (Å²) in [7, 11) is 2.20. The fraction of sp³-hybridized carbons (Fsp3) is 0.240. The van der Waals surface area contributed by atoms with Crippen LogP contribution in [-0.4, -0.2) is 48.0 Å². The standard InChI is InChI=1S/C25H26N4/c1-28-14-16-29(17-15-28)18-19-10-12-20(13-11-19)26-25-21-6-2-4-8-23(21)27-24-9-5-3-7-22(24)25/h2-13H,14-18H2,1H3,(H,26,27). The Morgan fingerprint density at radius 1 is 0.759 bits per heavy atom. The minimum Gasteiger partial charge on any atom is -0.354 e. The number of rotatable bonds is 4. The lowest BCUT2D eigenvalue weighted by Gasteiger charge is -2.32. The minimum atomic E-state index is 1.01. The summed E-state index contributed by atoms with van der Waals surface area (Å²) in [5, 5.41) is 5.96. The van der Waals surface area contributed by atoms with Crippen molar-refractivity contribution >= 4 is 33.2 Å². The number of anilines is 2. The van der Waals surface area contributed by atoms with Gasteiger partial charge in [-0.2, -0.15) is 0 Å². The van der Waals surface area contributed by atoms with Crippen molar-refractivity contribution in [3.05, 3.63) is 78.4 Å². The number of nitrogens with zero attached hydrogens (tertiary/aromatic N) is 3. The molecule has 3 aromatic carbocycles. The van der Waals surface area contributed by atoms with Crippen molar-refractivity contribution in [3.8, 4) is 0 Å². The van der Waals surface area contributed by atoms with Gasteiger partial charge in [0.1, 0.15) is 0 Å². The van der Waals surface area contributed by atoms with Crippen LogP contribution in [0.1, 0.15) is 5.56 Å². The van der Waals surface area contributed by atoms with Crippen LogP contribution in [0, 0.1) is 0 Å². The molecule has 0 saturated carbocycles. The molecule has 1 fully saturated rings. The molecule has 146 valence electrons. The number of pyridine rings is 1. The second kappa shape index (κ2) is 7.82. The average molecular weight is 383 g/mol. The topological polar surface area (TPSA) is 31.4 Å². The lowest BCUT2D eigenvalue weighted by atomic mass is 10.1. The lowest BCUT2D eigenvalue weighted by Crippen LogP contribution is -2.43. The van der Waals surface area contributed by atoms with E-state index < -0.39 is 0 Å². The van der Waals surface area contributed by atoms with Crippen molar-refractivity contribution in [2.24, 2.45) is 0 Å². The Labute approximate surface area is 171 Å². The predicted molar refractivity (Wildman–Crippen MR) is 122 cm³/mol. The Bertz CT molecular complexity index is 1070. The van der Waals surface area contributed by atoms with Crippen LogP contribution in [0.25, 0.3) is 21.8 Å². The first-order valence-corrected chi connectivity index (χ1v) is 10.3. The Kier molecular flexibility index (Phi) is 4.88. The van der Waals surface area contributed by atoms with Gasteiger partial charge in [-0.15, -0.1) is 0 Å². The monoisotopic (exact) mass is 382 g/mol. The van der Waals surface area contributed by atoms with Crippen LogP contribution in [-0.2, 0) is 6.54 Å². The van der Waals surface area contributed by atoms with E-state index in [1.54, 1.807) is 0 Å². The Morgan fingerprint density at radius 2 is 1.34 bits per heavy atom. The van der Waals surface area contributed by atoms with Crippen molar-refractivity contribution in [3.63, 3.8) is 0 Å². The first-order valence-electron chi connectivity index (χ1n) is 10.3. The van der Waals surface area contributed by atoms with E-state index in [0.717, 1.165) is 65.9 Å². The molecular weight excluding hydrogens is 356 g/mol. The Balaban J connectivity index is 1.42. The van der Waals surface area contributed by atoms with Crippen LogP contribution in [0.3, 0.4) is 0 Å². The molecule has 0 radical (unpaired) electrons. The summed E-state index contributed by atoms with van der Waals surface area (Å²) in [5.41, 5.74) is 5.62. The second-order valence-electron chi connectivity index (χ2n) is 7.92. The summed E-state index contributed by atoms with van der Waals surface area (Å²) < 4.78 is 0. The molecular formula is C25H26N4. The zero-order valence-electron chi connectivity index (χ0n) is 16.8. The molecule has 1 aliphatic heterocycles. The largest absolute Gasteiger partial charge is 0.354 e. The third-order valence-electron chi connectivity index (χ3n) is 5.81. The minimum absolute atomic E-state index is 1.01. The van der Waals surface area contributed by atoms with E-state index in [0.29, 0.717) is 0 Å². The molecule has 4 heteroatoms. The van der Waals surface area contributed by atoms with Gasteiger partial charge >= 0.3 is 0 Å². The molecule has 4 aromatic rings. The van der Waals surface area contributed by atoms with Gasteiger partial charge < -0.3 is 10.2 Å². The highest BCUT2D eigenvalue weighted by Crippen LogP contribution is 2.33. The van der Waals surface area contributed by atoms with E-state index in [1.165, 1.54) is 5.56 Å². The zero-order valence-corrected chi connectivity index (χ0v) is 16.8. The summed E-state index contributed by atoms with van der Waals surface area (Å²) in [6.07, 6.45) is 0. The van der Waals surface area contributed by atoms with Crippen LogP contribution in [0.15, 0.2) is 72.8 Å². The van der Waals surface area contributed by atoms with Gasteiger partial charge in [0.15, 0.2) is 0 Å². The van der Waals surface area contributed by atoms with Crippen molar-refractivity contribution < 1.29 is 0 Å². The smallest absolute Gasteiger partial charge is 0.0730 e. The normalized spacial score (nSPS) is 15.8. The van der Waals surface area contributed by atoms with E-state index in [1.807, 2.05) is 12.1 Å². The highest BCUT2D eigenvalue weighted by Gasteiger charge is 2.14. The number of benzene rings is 3. The number of para-hydroxylation sites is 2. The maximum Gasteiger partial charge on any atom is 0.0730 e. The molecule has 1 aliphatic rings. The van der Waals surface area contributed by atoms with Crippen LogP contribution in [0.2, 0.25) is 0 Å². The molecule has 0 atom stereocenters. The van der Waals surface area contributed by atoms with Crippen molar-refractivity contribution in [2.45, 2.75) is 6.54 Å². The Morgan fingerprint density at radius 3 is 1.97 bits per heavy atom. The van der Waals surface area contributed by atoms with Gasteiger partial charge in [0, 0.05) is 49.2 Å². The maximum absolute atomic E-state index is 4.82. The molecule has 0 aliphatic carbocycles. The summed E-state index contributed by atoms with van der Waals surface area (Å²) in [4.78, 5) is 9.75. The molecule has 0 bridgehead atoms. The summed E-state index contributed by atoms with van der Waals surface area (Å²) in [6.45, 7) is 5.62. The molecule has 29 heavy (non-hydrogen) atoms. The fourth-order valence-corrected chi connectivity index (χ4v) is 4.08. The number of aromatic nitrogens is 1. The van der Waals surface area contributed by atoms with Crippen LogP contribution in [0.5, 0.6) is 0 Å². The summed E-state index contributed by atoms with van der Waals surface area (Å²) in [6, 6.07) is 25.5. The van der Waals surface area contributed by atoms with Crippen LogP contribution < -0.4 is 5.32 Å². The number of fused-ring (bicyclic) bond motifs is 2. The number of nitrogens with one attached hydrogen (secondary N) is 1. The third kappa shape index (κ3) is 3.82. The van der Waals surface area contributed by atoms with E-state index in [9.17, 15) is 0 Å². The molecule has 2 heterocycles. The predicted octanol–water partition coefficient (Wildman–Crippen LogP) is 4.88. The SMILES string of the molecule is CN1CCN(Cc2ccc(Nc3c4ccccc4nc4ccccc34)cc2)CC1. The average Bonchev–Trinajstić information content (AvgIpc) is 2.76. The van der Waals surface area contributed by atoms with Gasteiger partial charge in [0.05, 0.1) is 16.7 Å². The van der Waals surface area contributed by atoms with Crippen LogP contribution in [0.4, 0.5) is 11.4 Å². The van der Waals surface area contributed by atoms with E-state index in [4.69, 9.17) is 4.98 Å². The van der Waals surface area contributed by atoms with Gasteiger partial charge in [-0.25, -0.2) is 4.98 Å². The first-order chi connectivity index (χ1) is 14.3. The third-order valence-corrected chi connectivity index (χ3v) is 5.81. The highest BCUT2D eigenvalue weighted by molar-refractivity contribution is 6.08. The fourth-order valence-electron chi connectivity index (χ4n) is 4.08. The summed E-state index contributed by atoms with van der Waals surface area (Å²) >= 11 is 0. The first kappa shape index (κ1) is 18.1. The van der Waals surface area contributed by atoms with Gasteiger partial charge in [-0.3, -0.25) is 4.90 Å². The van der Waals surface area contributed by atoms with E-state index >= 15 is 0 Å². The van der Waals surface area contributed by atoms with E-state index in [2.05, 4.69) is 82.8 Å². The number of hydrogen-bond donors (Lipinski definition) is 1. The quantitative estimate of drug-likeness (QED) is 0.510. The molecule has 0 amide bonds. The molecule has 5 rings (SSSR count). The molecule has 1 N–H and O–H groups in total. The molecule has 0 spiro atoms. The van der Waals surface area contributed by atoms with Crippen LogP contribution >= 0.6 is 0 Å². The number of likely N-dealkylation sites (N-methyl/N-ethyl adjacent to an activating group) is 1. The van der Waals surface area contributed by atoms with Crippen molar-refractivity contribution in [2.75, 3.05) is 38.5 Å². The number of hydrogen-bond acceptors (Lipinski definition) is 4. The van der Waals surface area contributed by atoms with E-state index in [-0.39, 0.29) is 0 Å². The molecule has 1 saturated heterocycles. The zero-order chi connectivity index (χ0) is 19.6. The van der Waals surface area contributed by atoms with Gasteiger partial charge in [-0.1, -0.05) is 48.5 Å². The maximum atomic E-state index is 4.82. The molecule has 0 unspecified atom stereocenters. The van der Waals surface area contributed by atoms with Gasteiger partial charge in [-0.05, 0) is 36.9 Å². The number of piperazine rings is 1. The molecule has 4 nitrogen and oxygen atoms in total. The van der Waals surface area contributed by atoms with Gasteiger partial charge in [0.2, 0.25) is 0 Å². The Hall–Kier alpha value is -2.95. The van der Waals surface area contributed by atoms with Gasteiger partial charge in [0.25, 0.3) is 0 Å². The van der Waals surface area contributed by atoms with Crippen molar-refractivity contribution in [1.82, 2.24) is 14.8 Å². The molecule has 1 aromatic heterocycles. The highest BCUT2D eigenvalue weighted by atomic mass is 15.2. The second-order valence-corrected chi connectivity index (χ2v) is 7.92. The van der Waals surface area contributed by atoms with Crippen molar-refractivity contribution in [1.29, 1.82) is 0 Å². The lowest BCUT2D eigenvalue weighted by molar-refractivity contribution is 0.148. The summed E-state index contributed by atoms with van der Waals surface area (Å²) in [5.74, 6) is 0.